The number of aliphatic hydroxyl groups excluding tert-OH is 1. The van der Waals surface area contributed by atoms with Crippen molar-refractivity contribution < 1.29 is 19.0 Å². The number of aliphatic hydroxyl groups is 1. The van der Waals surface area contributed by atoms with Crippen molar-refractivity contribution in [1.29, 1.82) is 2.61 Å². The Morgan fingerprint density at radius 3 is 2.96 bits per heavy atom. The summed E-state index contributed by atoms with van der Waals surface area (Å²) in [6.07, 6.45) is 2.57. The molecule has 1 aliphatic rings. The molecule has 8 nitrogen and oxygen atoms in total. The Morgan fingerprint density at radius 1 is 1.57 bits per heavy atom. The molecule has 0 amide bonds. The predicted molar refractivity (Wildman–Crippen MR) is 113 cm³/mol. The van der Waals surface area contributed by atoms with Crippen molar-refractivity contribution in [1.82, 2.24) is 9.97 Å². The molecule has 1 N–H and O–H groups in total. The molecule has 0 aliphatic heterocycles. The lowest BCUT2D eigenvalue weighted by molar-refractivity contribution is -0.387. The number of allylic oxidation sites excluding steroid dienone is 1. The summed E-state index contributed by atoms with van der Waals surface area (Å²) in [6, 6.07) is 0. The van der Waals surface area contributed by atoms with Crippen molar-refractivity contribution in [3.05, 3.63) is 34.3 Å². The smallest absolute Gasteiger partial charge is 0.351 e. The molecule has 1 aromatic heterocycles. The molecule has 153 valence electrons. The Labute approximate surface area is 172 Å². The van der Waals surface area contributed by atoms with Crippen molar-refractivity contribution in [3.63, 3.8) is 0 Å². The quantitative estimate of drug-likeness (QED) is 0.189. The van der Waals surface area contributed by atoms with Crippen LogP contribution in [-0.2, 0) is 10.4 Å². The fourth-order valence-corrected chi connectivity index (χ4v) is 4.92. The van der Waals surface area contributed by atoms with E-state index in [9.17, 15) is 19.4 Å². The van der Waals surface area contributed by atoms with Gasteiger partial charge >= 0.3 is 5.69 Å². The maximum atomic E-state index is 12.0. The van der Waals surface area contributed by atoms with Crippen molar-refractivity contribution in [2.45, 2.75) is 51.7 Å². The number of ether oxygens (including phenoxy) is 1. The highest BCUT2D eigenvalue weighted by molar-refractivity contribution is 8.46. The minimum atomic E-state index is -1.72. The van der Waals surface area contributed by atoms with Gasteiger partial charge in [-0.05, 0) is 52.7 Å². The molecular formula is C17H26BN3O5PS. The van der Waals surface area contributed by atoms with Gasteiger partial charge in [0.05, 0.1) is 12.3 Å². The molecule has 1 aromatic rings. The van der Waals surface area contributed by atoms with Gasteiger partial charge in [-0.1, -0.05) is 13.7 Å². The van der Waals surface area contributed by atoms with Crippen LogP contribution < -0.4 is 4.74 Å². The van der Waals surface area contributed by atoms with Gasteiger partial charge in [-0.25, -0.2) is 4.98 Å². The Bertz CT molecular complexity index is 809. The maximum absolute atomic E-state index is 12.0. The van der Waals surface area contributed by atoms with Crippen LogP contribution in [0.15, 0.2) is 12.7 Å². The lowest BCUT2D eigenvalue weighted by atomic mass is 9.98. The number of aryl methyl sites for hydroxylation is 2. The summed E-state index contributed by atoms with van der Waals surface area (Å²) >= 11 is 0. The lowest BCUT2D eigenvalue weighted by Crippen LogP contribution is -2.35. The van der Waals surface area contributed by atoms with E-state index in [1.54, 1.807) is 13.0 Å². The topological polar surface area (TPSA) is 115 Å². The van der Waals surface area contributed by atoms with E-state index in [0.29, 0.717) is 31.5 Å². The van der Waals surface area contributed by atoms with Gasteiger partial charge in [0.1, 0.15) is 25.2 Å². The van der Waals surface area contributed by atoms with Gasteiger partial charge < -0.3 is 9.84 Å². The zero-order valence-electron chi connectivity index (χ0n) is 18.0. The Morgan fingerprint density at radius 2 is 2.32 bits per heavy atom. The number of nitrogens with zero attached hydrogens (tertiary/aromatic N) is 3. The Hall–Kier alpha value is -1.38. The third kappa shape index (κ3) is 5.58. The molecule has 1 radical (unpaired) electrons. The summed E-state index contributed by atoms with van der Waals surface area (Å²) in [4.78, 5) is 19.0. The summed E-state index contributed by atoms with van der Waals surface area (Å²) in [5.41, 5.74) is -0.120. The Balaban J connectivity index is 2.23. The highest BCUT2D eigenvalue weighted by Gasteiger charge is 2.44. The minimum Gasteiger partial charge on any atom is -0.466 e. The van der Waals surface area contributed by atoms with E-state index in [2.05, 4.69) is 16.5 Å². The second-order valence-electron chi connectivity index (χ2n) is 6.88. The van der Waals surface area contributed by atoms with Gasteiger partial charge in [-0.2, -0.15) is 4.98 Å². The highest BCUT2D eigenvalue weighted by atomic mass is 32.7. The van der Waals surface area contributed by atoms with Crippen LogP contribution >= 0.6 is 7.61 Å². The molecule has 2 unspecified atom stereocenters. The SMILES string of the molecule is [2H]P([B][3H])S(=O)CC[C@H]1C[C@H](CCC=C)[C@H](Oc2nc(C)nc(C)c2[N+](=O)[O-])[C@@H]1O. The van der Waals surface area contributed by atoms with E-state index < -0.39 is 35.2 Å². The standard InChI is InChI=1S/C17H26BN3O5PS/c1-4-5-6-13-9-12(7-8-28(25)27-18)15(22)16(13)26-17-14(21(23)24)10(2)19-11(3)20-17/h4,12-13,15-16,18,22,27H,1,5-9H2,2-3H3/t12-,13-,15+,16-,27?,28?/m0/s1/i18T,27D. The van der Waals surface area contributed by atoms with Crippen LogP contribution in [0, 0.1) is 35.8 Å². The average molecular weight is 429 g/mol. The molecule has 1 fully saturated rings. The fourth-order valence-electron chi connectivity index (χ4n) is 3.68. The highest BCUT2D eigenvalue weighted by Crippen LogP contribution is 2.40. The number of aromatic nitrogens is 2. The predicted octanol–water partition coefficient (Wildman–Crippen LogP) is 2.26. The first-order chi connectivity index (χ1) is 14.2. The summed E-state index contributed by atoms with van der Waals surface area (Å²) < 4.78 is 32.7. The van der Waals surface area contributed by atoms with E-state index in [1.807, 2.05) is 0 Å². The van der Waals surface area contributed by atoms with Crippen molar-refractivity contribution in [2.24, 2.45) is 11.8 Å². The van der Waals surface area contributed by atoms with Gasteiger partial charge in [0.2, 0.25) is 0 Å². The molecule has 28 heavy (non-hydrogen) atoms. The molecular weight excluding hydrogens is 400 g/mol. The summed E-state index contributed by atoms with van der Waals surface area (Å²) in [5, 5.41) is 22.4. The van der Waals surface area contributed by atoms with Crippen molar-refractivity contribution in [2.75, 3.05) is 5.75 Å². The molecule has 0 spiro atoms. The largest absolute Gasteiger partial charge is 0.466 e. The normalized spacial score (nSPS) is 27.4. The van der Waals surface area contributed by atoms with Crippen LogP contribution in [0.1, 0.15) is 37.2 Å². The van der Waals surface area contributed by atoms with E-state index >= 15 is 0 Å². The number of nitro groups is 1. The average Bonchev–Trinajstić information content (AvgIpc) is 2.97. The van der Waals surface area contributed by atoms with Gasteiger partial charge in [0.25, 0.3) is 5.88 Å². The molecule has 1 aliphatic carbocycles. The van der Waals surface area contributed by atoms with Crippen LogP contribution in [-0.4, -0.2) is 52.3 Å². The summed E-state index contributed by atoms with van der Waals surface area (Å²) in [7, 11) is -2.27. The zero-order valence-corrected chi connectivity index (χ0v) is 17.7. The van der Waals surface area contributed by atoms with Crippen LogP contribution in [0.25, 0.3) is 0 Å². The molecule has 0 bridgehead atoms. The van der Waals surface area contributed by atoms with E-state index in [-0.39, 0.29) is 34.8 Å². The molecule has 11 heteroatoms. The first kappa shape index (κ1) is 19.9. The molecule has 2 rings (SSSR count). The monoisotopic (exact) mass is 429 g/mol. The van der Waals surface area contributed by atoms with E-state index in [4.69, 9.17) is 7.35 Å². The summed E-state index contributed by atoms with van der Waals surface area (Å²) in [6.45, 7) is 6.85. The zero-order chi connectivity index (χ0) is 22.4. The third-order valence-corrected chi connectivity index (χ3v) is 7.05. The van der Waals surface area contributed by atoms with Crippen LogP contribution in [0.2, 0.25) is 0 Å². The molecule has 0 saturated heterocycles. The van der Waals surface area contributed by atoms with Gasteiger partial charge in [0.15, 0.2) is 0 Å². The number of hydrogen-bond donors (Lipinski definition) is 1. The molecule has 1 saturated carbocycles. The first-order valence-electron chi connectivity index (χ1n) is 10.1. The fraction of sp³-hybridized carbons (Fsp3) is 0.647. The third-order valence-electron chi connectivity index (χ3n) is 4.98. The second-order valence-corrected chi connectivity index (χ2v) is 10.00. The van der Waals surface area contributed by atoms with Crippen LogP contribution in [0.4, 0.5) is 5.69 Å². The van der Waals surface area contributed by atoms with Crippen LogP contribution in [0.5, 0.6) is 5.88 Å². The van der Waals surface area contributed by atoms with Gasteiger partial charge in [-0.3, -0.25) is 14.3 Å². The number of rotatable bonds is 11. The van der Waals surface area contributed by atoms with Gasteiger partial charge in [-0.15, -0.1) is 6.58 Å². The second kappa shape index (κ2) is 10.4. The Kier molecular flexibility index (Phi) is 7.41. The first-order valence-corrected chi connectivity index (χ1v) is 11.9. The van der Waals surface area contributed by atoms with Gasteiger partial charge in [0, 0.05) is 16.2 Å². The van der Waals surface area contributed by atoms with E-state index in [0.717, 1.165) is 7.53 Å². The van der Waals surface area contributed by atoms with Crippen molar-refractivity contribution >= 4 is 31.2 Å². The molecule has 1 heterocycles. The molecule has 0 aromatic carbocycles. The lowest BCUT2D eigenvalue weighted by Gasteiger charge is -2.23. The number of hydrogen-bond acceptors (Lipinski definition) is 7. The molecule has 6 atom stereocenters. The summed E-state index contributed by atoms with van der Waals surface area (Å²) in [5.74, 6) is 0.114. The van der Waals surface area contributed by atoms with Crippen molar-refractivity contribution in [3.8, 4) is 5.88 Å². The maximum Gasteiger partial charge on any atom is 0.351 e. The minimum absolute atomic E-state index is 0.0770. The van der Waals surface area contributed by atoms with E-state index in [1.165, 1.54) is 6.92 Å². The van der Waals surface area contributed by atoms with Crippen LogP contribution in [0.3, 0.4) is 0 Å².